The van der Waals surface area contributed by atoms with Crippen LogP contribution in [0.15, 0.2) is 55.1 Å². The van der Waals surface area contributed by atoms with Crippen molar-refractivity contribution in [2.45, 2.75) is 51.4 Å². The molecule has 178 valence electrons. The summed E-state index contributed by atoms with van der Waals surface area (Å²) in [6.07, 6.45) is 11.7. The fourth-order valence-corrected chi connectivity index (χ4v) is 5.02. The number of rotatable bonds is 6. The van der Waals surface area contributed by atoms with Crippen LogP contribution in [0.5, 0.6) is 0 Å². The van der Waals surface area contributed by atoms with Crippen LogP contribution in [0.25, 0.3) is 10.8 Å². The molecule has 1 nitrogen and oxygen atoms in total. The molecule has 0 aliphatic heterocycles. The van der Waals surface area contributed by atoms with E-state index >= 15 is 4.39 Å². The molecule has 3 aromatic carbocycles. The van der Waals surface area contributed by atoms with E-state index in [2.05, 4.69) is 18.4 Å². The van der Waals surface area contributed by atoms with Crippen molar-refractivity contribution in [2.75, 3.05) is 0 Å². The van der Waals surface area contributed by atoms with Crippen LogP contribution in [0.3, 0.4) is 0 Å². The average Bonchev–Trinajstić information content (AvgIpc) is 2.86. The summed E-state index contributed by atoms with van der Waals surface area (Å²) in [6, 6.07) is 12.7. The Bertz CT molecular complexity index is 1310. The Balaban J connectivity index is 1.43. The number of aryl methyl sites for hydroxylation is 1. The lowest BCUT2D eigenvalue weighted by Crippen LogP contribution is -2.15. The molecule has 35 heavy (non-hydrogen) atoms. The first-order valence-corrected chi connectivity index (χ1v) is 12.2. The van der Waals surface area contributed by atoms with Crippen LogP contribution in [-0.4, -0.2) is 0 Å². The topological polar surface area (TPSA) is 23.8 Å². The second kappa shape index (κ2) is 11.3. The van der Waals surface area contributed by atoms with E-state index in [1.165, 1.54) is 43.7 Å². The van der Waals surface area contributed by atoms with Crippen molar-refractivity contribution in [1.82, 2.24) is 0 Å². The van der Waals surface area contributed by atoms with Crippen LogP contribution in [0.4, 0.5) is 13.2 Å². The highest BCUT2D eigenvalue weighted by Crippen LogP contribution is 2.34. The van der Waals surface area contributed by atoms with Crippen LogP contribution in [-0.2, 0) is 6.42 Å². The highest BCUT2D eigenvalue weighted by atomic mass is 19.1. The molecule has 0 spiro atoms. The fraction of sp³-hybridized carbons (Fsp3) is 0.323. The van der Waals surface area contributed by atoms with Gasteiger partial charge in [-0.15, -0.1) is 6.58 Å². The lowest BCUT2D eigenvalue weighted by Gasteiger charge is -2.28. The number of nitrogens with zero attached hydrogens (tertiary/aromatic N) is 1. The molecule has 0 amide bonds. The minimum atomic E-state index is -0.982. The Morgan fingerprint density at radius 1 is 0.886 bits per heavy atom. The summed E-state index contributed by atoms with van der Waals surface area (Å²) in [4.78, 5) is 0. The summed E-state index contributed by atoms with van der Waals surface area (Å²) in [5.74, 6) is 4.46. The minimum absolute atomic E-state index is 0.0450. The van der Waals surface area contributed by atoms with Crippen molar-refractivity contribution in [3.63, 3.8) is 0 Å². The maximum Gasteiger partial charge on any atom is 0.146 e. The predicted octanol–water partition coefficient (Wildman–Crippen LogP) is 8.23. The van der Waals surface area contributed by atoms with Crippen LogP contribution in [0.1, 0.15) is 67.2 Å². The molecule has 0 heterocycles. The van der Waals surface area contributed by atoms with Crippen molar-refractivity contribution in [2.24, 2.45) is 11.8 Å². The van der Waals surface area contributed by atoms with Gasteiger partial charge in [-0.2, -0.15) is 5.26 Å². The van der Waals surface area contributed by atoms with Crippen LogP contribution in [0.2, 0.25) is 0 Å². The summed E-state index contributed by atoms with van der Waals surface area (Å²) in [5.41, 5.74) is 0.750. The summed E-state index contributed by atoms with van der Waals surface area (Å²) in [7, 11) is 0. The Kier molecular flexibility index (Phi) is 7.94. The van der Waals surface area contributed by atoms with Gasteiger partial charge in [-0.1, -0.05) is 67.9 Å². The first-order chi connectivity index (χ1) is 17.0. The molecular formula is C31H28F3N. The Hall–Kier alpha value is -3.50. The van der Waals surface area contributed by atoms with Gasteiger partial charge in [0.25, 0.3) is 0 Å². The zero-order valence-corrected chi connectivity index (χ0v) is 19.7. The third-order valence-corrected chi connectivity index (χ3v) is 7.10. The molecule has 0 saturated heterocycles. The van der Waals surface area contributed by atoms with Crippen molar-refractivity contribution in [1.29, 1.82) is 5.26 Å². The normalized spacial score (nSPS) is 17.4. The number of nitriles is 1. The molecule has 3 aromatic rings. The van der Waals surface area contributed by atoms with Crippen molar-refractivity contribution in [3.8, 4) is 17.9 Å². The van der Waals surface area contributed by atoms with Crippen LogP contribution in [0, 0.1) is 52.5 Å². The van der Waals surface area contributed by atoms with Gasteiger partial charge in [-0.3, -0.25) is 0 Å². The molecule has 1 fully saturated rings. The smallest absolute Gasteiger partial charge is 0.146 e. The molecule has 0 bridgehead atoms. The molecule has 0 atom stereocenters. The van der Waals surface area contributed by atoms with Gasteiger partial charge < -0.3 is 0 Å². The van der Waals surface area contributed by atoms with Gasteiger partial charge in [0, 0.05) is 10.9 Å². The molecule has 0 radical (unpaired) electrons. The maximum atomic E-state index is 15.1. The Morgan fingerprint density at radius 3 is 2.23 bits per heavy atom. The standard InChI is InChI=1S/C31H28F3N/c1-2-3-4-21-5-7-22(8-6-21)9-10-23-12-16-27-26(17-23)15-14-25(31(27)34)13-11-24-18-29(32)28(20-35)30(33)19-24/h2,12,14-19,21-22H,1,3-10H2. The molecule has 0 aromatic heterocycles. The van der Waals surface area contributed by atoms with Crippen molar-refractivity contribution in [3.05, 3.63) is 94.8 Å². The molecule has 0 N–H and O–H groups in total. The highest BCUT2D eigenvalue weighted by molar-refractivity contribution is 5.85. The first-order valence-electron chi connectivity index (χ1n) is 12.2. The van der Waals surface area contributed by atoms with Crippen molar-refractivity contribution < 1.29 is 13.2 Å². The summed E-state index contributed by atoms with van der Waals surface area (Å²) in [6.45, 7) is 3.82. The number of halogens is 3. The van der Waals surface area contributed by atoms with E-state index in [0.29, 0.717) is 5.39 Å². The molecule has 1 aliphatic carbocycles. The van der Waals surface area contributed by atoms with Gasteiger partial charge in [0.1, 0.15) is 29.1 Å². The SMILES string of the molecule is C=CCCC1CCC(CCc2ccc3c(F)c(C#Cc4cc(F)c(C#N)c(F)c4)ccc3c2)CC1. The van der Waals surface area contributed by atoms with Crippen LogP contribution >= 0.6 is 0 Å². The zero-order valence-electron chi connectivity index (χ0n) is 19.7. The number of hydrogen-bond acceptors (Lipinski definition) is 1. The molecule has 4 rings (SSSR count). The zero-order chi connectivity index (χ0) is 24.8. The monoisotopic (exact) mass is 471 g/mol. The lowest BCUT2D eigenvalue weighted by atomic mass is 9.78. The third-order valence-electron chi connectivity index (χ3n) is 7.10. The molecular weight excluding hydrogens is 443 g/mol. The average molecular weight is 472 g/mol. The highest BCUT2D eigenvalue weighted by Gasteiger charge is 2.20. The Labute approximate surface area is 205 Å². The van der Waals surface area contributed by atoms with E-state index in [4.69, 9.17) is 5.26 Å². The van der Waals surface area contributed by atoms with Gasteiger partial charge in [-0.25, -0.2) is 13.2 Å². The van der Waals surface area contributed by atoms with Gasteiger partial charge >= 0.3 is 0 Å². The van der Waals surface area contributed by atoms with E-state index in [0.717, 1.165) is 48.6 Å². The number of benzene rings is 3. The number of hydrogen-bond donors (Lipinski definition) is 0. The van der Waals surface area contributed by atoms with Gasteiger partial charge in [0.2, 0.25) is 0 Å². The van der Waals surface area contributed by atoms with Crippen molar-refractivity contribution >= 4 is 10.8 Å². The quantitative estimate of drug-likeness (QED) is 0.262. The van der Waals surface area contributed by atoms with E-state index in [9.17, 15) is 8.78 Å². The maximum absolute atomic E-state index is 15.1. The largest absolute Gasteiger partial charge is 0.205 e. The summed E-state index contributed by atoms with van der Waals surface area (Å²) >= 11 is 0. The molecule has 0 unspecified atom stereocenters. The second-order valence-electron chi connectivity index (χ2n) is 9.45. The number of allylic oxidation sites excluding steroid dienone is 1. The second-order valence-corrected chi connectivity index (χ2v) is 9.45. The fourth-order valence-electron chi connectivity index (χ4n) is 5.02. The minimum Gasteiger partial charge on any atom is -0.205 e. The Morgan fingerprint density at radius 2 is 1.57 bits per heavy atom. The van der Waals surface area contributed by atoms with Gasteiger partial charge in [0.15, 0.2) is 0 Å². The van der Waals surface area contributed by atoms with Gasteiger partial charge in [0.05, 0.1) is 5.56 Å². The van der Waals surface area contributed by atoms with E-state index in [1.807, 2.05) is 24.3 Å². The molecule has 1 saturated carbocycles. The predicted molar refractivity (Wildman–Crippen MR) is 134 cm³/mol. The van der Waals surface area contributed by atoms with E-state index < -0.39 is 23.0 Å². The summed E-state index contributed by atoms with van der Waals surface area (Å²) < 4.78 is 42.7. The third kappa shape index (κ3) is 5.95. The lowest BCUT2D eigenvalue weighted by molar-refractivity contribution is 0.254. The molecule has 4 heteroatoms. The first kappa shape index (κ1) is 24.6. The van der Waals surface area contributed by atoms with Gasteiger partial charge in [-0.05, 0) is 66.7 Å². The van der Waals surface area contributed by atoms with E-state index in [-0.39, 0.29) is 11.1 Å². The van der Waals surface area contributed by atoms with Crippen LogP contribution < -0.4 is 0 Å². The summed E-state index contributed by atoms with van der Waals surface area (Å²) in [5, 5.41) is 10.1. The van der Waals surface area contributed by atoms with E-state index in [1.54, 1.807) is 12.1 Å². The number of fused-ring (bicyclic) bond motifs is 1. The molecule has 1 aliphatic rings.